The van der Waals surface area contributed by atoms with E-state index >= 15 is 0 Å². The molecule has 0 aliphatic rings. The summed E-state index contributed by atoms with van der Waals surface area (Å²) < 4.78 is 1.59. The third-order valence-corrected chi connectivity index (χ3v) is 1.57. The van der Waals surface area contributed by atoms with E-state index in [0.717, 1.165) is 5.69 Å². The summed E-state index contributed by atoms with van der Waals surface area (Å²) in [7, 11) is 0. The molecule has 1 rings (SSSR count). The van der Waals surface area contributed by atoms with Gasteiger partial charge in [0.05, 0.1) is 12.2 Å². The second-order valence-electron chi connectivity index (χ2n) is 2.73. The predicted octanol–water partition coefficient (Wildman–Crippen LogP) is -1.35. The fraction of sp³-hybridized carbons (Fsp3) is 0.571. The van der Waals surface area contributed by atoms with Crippen molar-refractivity contribution >= 4 is 5.91 Å². The van der Waals surface area contributed by atoms with E-state index in [2.05, 4.69) is 10.3 Å². The highest BCUT2D eigenvalue weighted by Gasteiger charge is 2.00. The molecule has 6 heteroatoms. The lowest BCUT2D eigenvalue weighted by atomic mass is 10.3. The van der Waals surface area contributed by atoms with Crippen LogP contribution in [0.15, 0.2) is 6.20 Å². The van der Waals surface area contributed by atoms with Crippen LogP contribution >= 0.6 is 0 Å². The molecule has 1 aromatic rings. The Labute approximate surface area is 75.9 Å². The zero-order chi connectivity index (χ0) is 9.68. The number of aromatic nitrogens is 3. The summed E-state index contributed by atoms with van der Waals surface area (Å²) in [5.74, 6) is -0.337. The van der Waals surface area contributed by atoms with Crippen molar-refractivity contribution in [2.45, 2.75) is 19.4 Å². The molecule has 6 nitrogen and oxygen atoms in total. The highest BCUT2D eigenvalue weighted by molar-refractivity contribution is 5.73. The number of primary amides is 1. The Bertz CT molecular complexity index is 282. The molecule has 0 saturated heterocycles. The van der Waals surface area contributed by atoms with Crippen LogP contribution in [0.5, 0.6) is 0 Å². The maximum Gasteiger partial charge on any atom is 0.219 e. The number of nitrogens with zero attached hydrogens (tertiary/aromatic N) is 3. The lowest BCUT2D eigenvalue weighted by Crippen LogP contribution is -2.14. The molecule has 0 spiro atoms. The van der Waals surface area contributed by atoms with E-state index in [9.17, 15) is 4.79 Å². The van der Waals surface area contributed by atoms with Gasteiger partial charge in [0.25, 0.3) is 0 Å². The molecule has 1 heterocycles. The van der Waals surface area contributed by atoms with E-state index in [-0.39, 0.29) is 12.3 Å². The van der Waals surface area contributed by atoms with Gasteiger partial charge in [0.15, 0.2) is 0 Å². The van der Waals surface area contributed by atoms with Crippen molar-refractivity contribution in [1.29, 1.82) is 0 Å². The Morgan fingerprint density at radius 1 is 1.62 bits per heavy atom. The minimum Gasteiger partial charge on any atom is -0.370 e. The van der Waals surface area contributed by atoms with Crippen LogP contribution in [0.4, 0.5) is 0 Å². The monoisotopic (exact) mass is 183 g/mol. The molecule has 1 aromatic heterocycles. The Morgan fingerprint density at radius 2 is 2.38 bits per heavy atom. The standard InChI is InChI=1S/C7H13N5O/c8-3-1-6-5-12(11-10-6)4-2-7(9)13/h5H,1-4,8H2,(H2,9,13). The average molecular weight is 183 g/mol. The van der Waals surface area contributed by atoms with E-state index < -0.39 is 0 Å². The molecule has 13 heavy (non-hydrogen) atoms. The van der Waals surface area contributed by atoms with Crippen molar-refractivity contribution in [2.24, 2.45) is 11.5 Å². The summed E-state index contributed by atoms with van der Waals surface area (Å²) in [6.07, 6.45) is 2.76. The van der Waals surface area contributed by atoms with Crippen molar-refractivity contribution in [2.75, 3.05) is 6.54 Å². The first-order valence-corrected chi connectivity index (χ1v) is 4.09. The fourth-order valence-corrected chi connectivity index (χ4v) is 0.935. The minimum absolute atomic E-state index is 0.283. The summed E-state index contributed by atoms with van der Waals surface area (Å²) in [5.41, 5.74) is 11.2. The number of hydrogen-bond acceptors (Lipinski definition) is 4. The van der Waals surface area contributed by atoms with E-state index in [4.69, 9.17) is 11.5 Å². The summed E-state index contributed by atoms with van der Waals surface area (Å²) in [4.78, 5) is 10.4. The van der Waals surface area contributed by atoms with Crippen molar-refractivity contribution in [3.05, 3.63) is 11.9 Å². The first kappa shape index (κ1) is 9.66. The second kappa shape index (κ2) is 4.56. The first-order valence-electron chi connectivity index (χ1n) is 4.09. The van der Waals surface area contributed by atoms with Gasteiger partial charge in [-0.2, -0.15) is 0 Å². The Hall–Kier alpha value is -1.43. The van der Waals surface area contributed by atoms with Crippen LogP contribution in [0.3, 0.4) is 0 Å². The van der Waals surface area contributed by atoms with Gasteiger partial charge in [-0.05, 0) is 6.54 Å². The Morgan fingerprint density at radius 3 is 3.00 bits per heavy atom. The van der Waals surface area contributed by atoms with E-state index in [1.54, 1.807) is 10.9 Å². The van der Waals surface area contributed by atoms with Gasteiger partial charge in [0.2, 0.25) is 5.91 Å². The van der Waals surface area contributed by atoms with Gasteiger partial charge < -0.3 is 11.5 Å². The van der Waals surface area contributed by atoms with Crippen LogP contribution in [-0.2, 0) is 17.8 Å². The van der Waals surface area contributed by atoms with Gasteiger partial charge in [0, 0.05) is 19.0 Å². The third-order valence-electron chi connectivity index (χ3n) is 1.57. The SMILES string of the molecule is NCCc1cn(CCC(N)=O)nn1. The average Bonchev–Trinajstić information content (AvgIpc) is 2.50. The largest absolute Gasteiger partial charge is 0.370 e. The Balaban J connectivity index is 2.44. The van der Waals surface area contributed by atoms with Gasteiger partial charge >= 0.3 is 0 Å². The number of nitrogens with two attached hydrogens (primary N) is 2. The maximum atomic E-state index is 10.4. The van der Waals surface area contributed by atoms with Gasteiger partial charge in [-0.3, -0.25) is 9.48 Å². The molecule has 72 valence electrons. The molecule has 4 N–H and O–H groups in total. The molecule has 0 atom stereocenters. The van der Waals surface area contributed by atoms with Crippen LogP contribution in [0.25, 0.3) is 0 Å². The summed E-state index contributed by atoms with van der Waals surface area (Å²) in [6, 6.07) is 0. The summed E-state index contributed by atoms with van der Waals surface area (Å²) >= 11 is 0. The number of rotatable bonds is 5. The van der Waals surface area contributed by atoms with Gasteiger partial charge in [-0.25, -0.2) is 0 Å². The van der Waals surface area contributed by atoms with Gasteiger partial charge in [-0.1, -0.05) is 5.21 Å². The maximum absolute atomic E-state index is 10.4. The molecule has 1 amide bonds. The topological polar surface area (TPSA) is 99.8 Å². The van der Waals surface area contributed by atoms with E-state index in [1.807, 2.05) is 0 Å². The van der Waals surface area contributed by atoms with Crippen LogP contribution in [0, 0.1) is 0 Å². The fourth-order valence-electron chi connectivity index (χ4n) is 0.935. The highest BCUT2D eigenvalue weighted by atomic mass is 16.1. The van der Waals surface area contributed by atoms with Crippen LogP contribution < -0.4 is 11.5 Å². The highest BCUT2D eigenvalue weighted by Crippen LogP contribution is 1.94. The summed E-state index contributed by atoms with van der Waals surface area (Å²) in [6.45, 7) is 1.03. The Kier molecular flexibility index (Phi) is 3.39. The zero-order valence-corrected chi connectivity index (χ0v) is 7.31. The van der Waals surface area contributed by atoms with E-state index in [1.165, 1.54) is 0 Å². The predicted molar refractivity (Wildman–Crippen MR) is 46.6 cm³/mol. The van der Waals surface area contributed by atoms with Crippen LogP contribution in [0.2, 0.25) is 0 Å². The molecular weight excluding hydrogens is 170 g/mol. The van der Waals surface area contributed by atoms with E-state index in [0.29, 0.717) is 19.5 Å². The lowest BCUT2D eigenvalue weighted by molar-refractivity contribution is -0.118. The summed E-state index contributed by atoms with van der Waals surface area (Å²) in [5, 5.41) is 7.67. The molecular formula is C7H13N5O. The molecule has 0 fully saturated rings. The number of carbonyl (C=O) groups excluding carboxylic acids is 1. The molecule has 0 aliphatic heterocycles. The van der Waals surface area contributed by atoms with Crippen LogP contribution in [-0.4, -0.2) is 27.4 Å². The number of aryl methyl sites for hydroxylation is 1. The van der Waals surface area contributed by atoms with Crippen molar-refractivity contribution in [3.8, 4) is 0 Å². The van der Waals surface area contributed by atoms with Crippen molar-refractivity contribution in [3.63, 3.8) is 0 Å². The number of carbonyl (C=O) groups is 1. The van der Waals surface area contributed by atoms with Gasteiger partial charge in [0.1, 0.15) is 0 Å². The first-order chi connectivity index (χ1) is 6.22. The van der Waals surface area contributed by atoms with Crippen LogP contribution in [0.1, 0.15) is 12.1 Å². The minimum atomic E-state index is -0.337. The molecule has 0 unspecified atom stereocenters. The molecule has 0 radical (unpaired) electrons. The smallest absolute Gasteiger partial charge is 0.219 e. The normalized spacial score (nSPS) is 10.2. The molecule has 0 aromatic carbocycles. The number of hydrogen-bond donors (Lipinski definition) is 2. The third kappa shape index (κ3) is 3.20. The van der Waals surface area contributed by atoms with Gasteiger partial charge in [-0.15, -0.1) is 5.10 Å². The quantitative estimate of drug-likeness (QED) is 0.589. The molecule has 0 saturated carbocycles. The van der Waals surface area contributed by atoms with Crippen molar-refractivity contribution in [1.82, 2.24) is 15.0 Å². The molecule has 0 aliphatic carbocycles. The second-order valence-corrected chi connectivity index (χ2v) is 2.73. The number of amides is 1. The zero-order valence-electron chi connectivity index (χ0n) is 7.31. The van der Waals surface area contributed by atoms with Crippen molar-refractivity contribution < 1.29 is 4.79 Å². The lowest BCUT2D eigenvalue weighted by Gasteiger charge is -1.94. The molecule has 0 bridgehead atoms.